The van der Waals surface area contributed by atoms with E-state index in [-0.39, 0.29) is 5.82 Å². The van der Waals surface area contributed by atoms with Crippen LogP contribution in [0.25, 0.3) is 5.69 Å². The van der Waals surface area contributed by atoms with E-state index in [0.717, 1.165) is 37.8 Å². The zero-order chi connectivity index (χ0) is 18.8. The summed E-state index contributed by atoms with van der Waals surface area (Å²) in [7, 11) is 0. The van der Waals surface area contributed by atoms with Gasteiger partial charge in [0.2, 0.25) is 5.95 Å². The van der Waals surface area contributed by atoms with E-state index in [0.29, 0.717) is 22.2 Å². The second-order valence-electron chi connectivity index (χ2n) is 6.54. The Morgan fingerprint density at radius 1 is 1.00 bits per heavy atom. The van der Waals surface area contributed by atoms with Crippen LogP contribution in [0, 0.1) is 5.82 Å². The number of benzene rings is 2. The summed E-state index contributed by atoms with van der Waals surface area (Å²) in [6.45, 7) is 3.76. The number of nitrogens with zero attached hydrogens (tertiary/aromatic N) is 4. The number of piperazine rings is 1. The van der Waals surface area contributed by atoms with Gasteiger partial charge < -0.3 is 4.90 Å². The molecule has 0 saturated carbocycles. The van der Waals surface area contributed by atoms with Crippen LogP contribution in [-0.4, -0.2) is 40.6 Å². The lowest BCUT2D eigenvalue weighted by atomic mass is 10.2. The van der Waals surface area contributed by atoms with Gasteiger partial charge in [-0.25, -0.2) is 9.37 Å². The summed E-state index contributed by atoms with van der Waals surface area (Å²) < 4.78 is 16.1. The monoisotopic (exact) mass is 404 g/mol. The number of rotatable bonds is 4. The van der Waals surface area contributed by atoms with Crippen LogP contribution in [0.5, 0.6) is 0 Å². The molecule has 1 fully saturated rings. The summed E-state index contributed by atoms with van der Waals surface area (Å²) in [5, 5.41) is 1.17. The normalized spacial score (nSPS) is 15.3. The van der Waals surface area contributed by atoms with Crippen molar-refractivity contribution >= 4 is 29.2 Å². The van der Waals surface area contributed by atoms with Crippen LogP contribution in [-0.2, 0) is 6.54 Å². The van der Waals surface area contributed by atoms with E-state index in [4.69, 9.17) is 23.2 Å². The minimum atomic E-state index is -0.249. The molecule has 0 bridgehead atoms. The molecular formula is C20H19Cl2FN4. The molecule has 1 saturated heterocycles. The van der Waals surface area contributed by atoms with E-state index >= 15 is 0 Å². The van der Waals surface area contributed by atoms with Crippen molar-refractivity contribution in [1.29, 1.82) is 0 Å². The van der Waals surface area contributed by atoms with Gasteiger partial charge in [-0.1, -0.05) is 35.3 Å². The summed E-state index contributed by atoms with van der Waals surface area (Å²) in [6, 6.07) is 12.5. The molecule has 1 aromatic heterocycles. The van der Waals surface area contributed by atoms with Crippen molar-refractivity contribution in [3.63, 3.8) is 0 Å². The highest BCUT2D eigenvalue weighted by Crippen LogP contribution is 2.24. The first-order valence-electron chi connectivity index (χ1n) is 8.81. The van der Waals surface area contributed by atoms with Gasteiger partial charge in [0, 0.05) is 66.4 Å². The molecule has 0 aliphatic carbocycles. The van der Waals surface area contributed by atoms with Gasteiger partial charge in [0.1, 0.15) is 5.82 Å². The zero-order valence-electron chi connectivity index (χ0n) is 14.7. The van der Waals surface area contributed by atoms with Crippen molar-refractivity contribution in [2.45, 2.75) is 6.54 Å². The van der Waals surface area contributed by atoms with E-state index < -0.39 is 0 Å². The number of aromatic nitrogens is 2. The van der Waals surface area contributed by atoms with Crippen molar-refractivity contribution < 1.29 is 4.39 Å². The number of hydrogen-bond donors (Lipinski definition) is 0. The molecule has 0 N–H and O–H groups in total. The molecule has 0 atom stereocenters. The third-order valence-corrected chi connectivity index (χ3v) is 5.40. The van der Waals surface area contributed by atoms with Gasteiger partial charge in [-0.05, 0) is 30.3 Å². The Hall–Kier alpha value is -2.08. The van der Waals surface area contributed by atoms with Crippen molar-refractivity contribution in [1.82, 2.24) is 14.5 Å². The zero-order valence-corrected chi connectivity index (χ0v) is 16.2. The Morgan fingerprint density at radius 3 is 2.52 bits per heavy atom. The maximum atomic E-state index is 14.0. The molecule has 2 heterocycles. The highest BCUT2D eigenvalue weighted by Gasteiger charge is 2.22. The van der Waals surface area contributed by atoms with Crippen molar-refractivity contribution in [2.75, 3.05) is 31.1 Å². The molecule has 0 unspecified atom stereocenters. The fourth-order valence-corrected chi connectivity index (χ4v) is 3.78. The molecule has 2 aromatic carbocycles. The van der Waals surface area contributed by atoms with Crippen molar-refractivity contribution in [3.8, 4) is 5.69 Å². The maximum absolute atomic E-state index is 14.0. The molecule has 1 aliphatic rings. The summed E-state index contributed by atoms with van der Waals surface area (Å²) in [4.78, 5) is 8.98. The fourth-order valence-electron chi connectivity index (χ4n) is 3.37. The van der Waals surface area contributed by atoms with E-state index in [1.165, 1.54) is 6.07 Å². The summed E-state index contributed by atoms with van der Waals surface area (Å²) >= 11 is 12.3. The van der Waals surface area contributed by atoms with E-state index in [1.54, 1.807) is 18.3 Å². The van der Waals surface area contributed by atoms with Crippen LogP contribution in [0.15, 0.2) is 54.9 Å². The minimum Gasteiger partial charge on any atom is -0.339 e. The second-order valence-corrected chi connectivity index (χ2v) is 7.38. The van der Waals surface area contributed by atoms with Gasteiger partial charge in [-0.3, -0.25) is 9.47 Å². The molecule has 0 amide bonds. The van der Waals surface area contributed by atoms with E-state index in [1.807, 2.05) is 35.0 Å². The van der Waals surface area contributed by atoms with Gasteiger partial charge in [-0.15, -0.1) is 0 Å². The van der Waals surface area contributed by atoms with E-state index in [2.05, 4.69) is 14.8 Å². The molecule has 140 valence electrons. The summed E-state index contributed by atoms with van der Waals surface area (Å²) in [6.07, 6.45) is 3.73. The number of anilines is 1. The van der Waals surface area contributed by atoms with Crippen molar-refractivity contribution in [3.05, 3.63) is 76.3 Å². The number of imidazole rings is 1. The first-order chi connectivity index (χ1) is 13.1. The van der Waals surface area contributed by atoms with E-state index in [9.17, 15) is 4.39 Å². The lowest BCUT2D eigenvalue weighted by Gasteiger charge is -2.35. The van der Waals surface area contributed by atoms with Gasteiger partial charge in [0.15, 0.2) is 0 Å². The number of hydrogen-bond acceptors (Lipinski definition) is 3. The largest absolute Gasteiger partial charge is 0.339 e. The lowest BCUT2D eigenvalue weighted by Crippen LogP contribution is -2.46. The molecule has 0 radical (unpaired) electrons. The predicted octanol–water partition coefficient (Wildman–Crippen LogP) is 4.64. The van der Waals surface area contributed by atoms with Gasteiger partial charge in [-0.2, -0.15) is 0 Å². The molecule has 4 nitrogen and oxygen atoms in total. The predicted molar refractivity (Wildman–Crippen MR) is 107 cm³/mol. The fraction of sp³-hybridized carbons (Fsp3) is 0.250. The summed E-state index contributed by atoms with van der Waals surface area (Å²) in [5.74, 6) is 0.641. The standard InChI is InChI=1S/C20H19Cl2FN4/c21-15-3-1-4-16(13-15)27-8-7-24-20(27)26-11-9-25(10-12-26)14-17-18(22)5-2-6-19(17)23/h1-8,13H,9-12,14H2. The Labute approximate surface area is 167 Å². The molecule has 0 spiro atoms. The SMILES string of the molecule is Fc1cccc(Cl)c1CN1CCN(c2nccn2-c2cccc(Cl)c2)CC1. The molecule has 4 rings (SSSR count). The maximum Gasteiger partial charge on any atom is 0.210 e. The average Bonchev–Trinajstić information content (AvgIpc) is 3.15. The van der Waals surface area contributed by atoms with Crippen LogP contribution in [0.2, 0.25) is 10.0 Å². The Balaban J connectivity index is 1.45. The van der Waals surface area contributed by atoms with Gasteiger partial charge in [0.25, 0.3) is 0 Å². The molecule has 1 aliphatic heterocycles. The third kappa shape index (κ3) is 3.95. The highest BCUT2D eigenvalue weighted by molar-refractivity contribution is 6.31. The smallest absolute Gasteiger partial charge is 0.210 e. The third-order valence-electron chi connectivity index (χ3n) is 4.81. The van der Waals surface area contributed by atoms with Crippen LogP contribution in [0.1, 0.15) is 5.56 Å². The van der Waals surface area contributed by atoms with Gasteiger partial charge in [0.05, 0.1) is 0 Å². The first kappa shape index (κ1) is 18.3. The Morgan fingerprint density at radius 2 is 1.78 bits per heavy atom. The Kier molecular flexibility index (Phi) is 5.34. The van der Waals surface area contributed by atoms with Crippen LogP contribution in [0.4, 0.5) is 10.3 Å². The quantitative estimate of drug-likeness (QED) is 0.632. The highest BCUT2D eigenvalue weighted by atomic mass is 35.5. The van der Waals surface area contributed by atoms with Crippen molar-refractivity contribution in [2.24, 2.45) is 0 Å². The first-order valence-corrected chi connectivity index (χ1v) is 9.57. The lowest BCUT2D eigenvalue weighted by molar-refractivity contribution is 0.245. The summed E-state index contributed by atoms with van der Waals surface area (Å²) in [5.41, 5.74) is 1.55. The van der Waals surface area contributed by atoms with Gasteiger partial charge >= 0.3 is 0 Å². The van der Waals surface area contributed by atoms with Crippen LogP contribution in [0.3, 0.4) is 0 Å². The van der Waals surface area contributed by atoms with Crippen LogP contribution >= 0.6 is 23.2 Å². The minimum absolute atomic E-state index is 0.249. The number of halogens is 3. The topological polar surface area (TPSA) is 24.3 Å². The van der Waals surface area contributed by atoms with Crippen LogP contribution < -0.4 is 4.90 Å². The average molecular weight is 405 g/mol. The second kappa shape index (κ2) is 7.89. The Bertz CT molecular complexity index is 915. The molecule has 27 heavy (non-hydrogen) atoms. The molecular weight excluding hydrogens is 386 g/mol. The molecule has 3 aromatic rings. The molecule has 7 heteroatoms.